The second-order valence-corrected chi connectivity index (χ2v) is 8.37. The molecule has 0 amide bonds. The normalized spacial score (nSPS) is 24.4. The van der Waals surface area contributed by atoms with Gasteiger partial charge in [0.2, 0.25) is 10.0 Å². The summed E-state index contributed by atoms with van der Waals surface area (Å²) in [7, 11) is -3.80. The molecule has 1 aromatic carbocycles. The zero-order valence-corrected chi connectivity index (χ0v) is 15.0. The van der Waals surface area contributed by atoms with E-state index in [1.54, 1.807) is 12.1 Å². The molecule has 0 radical (unpaired) electrons. The van der Waals surface area contributed by atoms with Crippen molar-refractivity contribution in [3.8, 4) is 5.69 Å². The Bertz CT molecular complexity index is 852. The van der Waals surface area contributed by atoms with E-state index in [2.05, 4.69) is 9.82 Å². The van der Waals surface area contributed by atoms with Crippen LogP contribution in [0.4, 0.5) is 4.39 Å². The van der Waals surface area contributed by atoms with E-state index in [9.17, 15) is 12.8 Å². The third-order valence-corrected chi connectivity index (χ3v) is 6.63. The van der Waals surface area contributed by atoms with Gasteiger partial charge in [-0.25, -0.2) is 22.2 Å². The molecule has 1 fully saturated rings. The summed E-state index contributed by atoms with van der Waals surface area (Å²) in [4.78, 5) is 0.00125. The Labute approximate surface area is 147 Å². The van der Waals surface area contributed by atoms with Crippen LogP contribution in [0.5, 0.6) is 0 Å². The maximum atomic E-state index is 13.9. The molecule has 0 spiro atoms. The lowest BCUT2D eigenvalue weighted by atomic mass is 9.74. The number of nitrogens with one attached hydrogen (secondary N) is 1. The lowest BCUT2D eigenvalue weighted by Crippen LogP contribution is -2.58. The standard InChI is InChI=1S/C17H23FN4O2S/c1-13-6-4-5-9-17(13,12-19)21-25(23,24)14-10-20-22(11-14)16-8-3-2-7-15(16)18/h2-3,7-8,10-11,13,21H,4-6,9,12,19H2,1H3. The molecule has 3 rings (SSSR count). The molecule has 25 heavy (non-hydrogen) atoms. The summed E-state index contributed by atoms with van der Waals surface area (Å²) in [6.07, 6.45) is 6.22. The van der Waals surface area contributed by atoms with E-state index in [1.165, 1.54) is 29.2 Å². The topological polar surface area (TPSA) is 90.0 Å². The Balaban J connectivity index is 1.89. The van der Waals surface area contributed by atoms with Crippen molar-refractivity contribution in [3.63, 3.8) is 0 Å². The highest BCUT2D eigenvalue weighted by atomic mass is 32.2. The van der Waals surface area contributed by atoms with E-state index in [0.29, 0.717) is 6.42 Å². The number of hydrogen-bond acceptors (Lipinski definition) is 4. The van der Waals surface area contributed by atoms with Crippen LogP contribution in [0, 0.1) is 11.7 Å². The summed E-state index contributed by atoms with van der Waals surface area (Å²) in [5, 5.41) is 4.00. The van der Waals surface area contributed by atoms with Gasteiger partial charge in [0, 0.05) is 12.1 Å². The molecule has 3 N–H and O–H groups in total. The third kappa shape index (κ3) is 3.47. The first-order valence-electron chi connectivity index (χ1n) is 8.41. The van der Waals surface area contributed by atoms with Crippen LogP contribution in [-0.4, -0.2) is 30.3 Å². The Kier molecular flexibility index (Phi) is 4.95. The van der Waals surface area contributed by atoms with Gasteiger partial charge in [-0.15, -0.1) is 0 Å². The lowest BCUT2D eigenvalue weighted by molar-refractivity contribution is 0.191. The summed E-state index contributed by atoms with van der Waals surface area (Å²) in [5.41, 5.74) is 5.49. The van der Waals surface area contributed by atoms with Gasteiger partial charge in [-0.3, -0.25) is 0 Å². The SMILES string of the molecule is CC1CCCCC1(CN)NS(=O)(=O)c1cnn(-c2ccccc2F)c1. The third-order valence-electron chi connectivity index (χ3n) is 5.12. The first kappa shape index (κ1) is 18.0. The predicted molar refractivity (Wildman–Crippen MR) is 93.3 cm³/mol. The van der Waals surface area contributed by atoms with Crippen LogP contribution in [0.2, 0.25) is 0 Å². The van der Waals surface area contributed by atoms with Gasteiger partial charge in [0.05, 0.1) is 12.4 Å². The highest BCUT2D eigenvalue weighted by Crippen LogP contribution is 2.34. The van der Waals surface area contributed by atoms with Crippen molar-refractivity contribution in [2.45, 2.75) is 43.0 Å². The number of nitrogens with two attached hydrogens (primary N) is 1. The second kappa shape index (κ2) is 6.86. The molecule has 1 saturated carbocycles. The molecular weight excluding hydrogens is 343 g/mol. The number of rotatable bonds is 5. The minimum absolute atomic E-state index is 0.00125. The molecule has 2 atom stereocenters. The molecule has 1 aliphatic carbocycles. The molecule has 1 heterocycles. The second-order valence-electron chi connectivity index (χ2n) is 6.68. The van der Waals surface area contributed by atoms with Gasteiger partial charge in [-0.1, -0.05) is 31.9 Å². The van der Waals surface area contributed by atoms with Crippen LogP contribution in [0.15, 0.2) is 41.6 Å². The molecule has 0 saturated heterocycles. The Hall–Kier alpha value is -1.77. The number of aromatic nitrogens is 2. The fourth-order valence-corrected chi connectivity index (χ4v) is 4.92. The summed E-state index contributed by atoms with van der Waals surface area (Å²) in [6, 6.07) is 6.07. The van der Waals surface area contributed by atoms with Crippen molar-refractivity contribution in [3.05, 3.63) is 42.5 Å². The summed E-state index contributed by atoms with van der Waals surface area (Å²) in [5.74, 6) is -0.315. The van der Waals surface area contributed by atoms with Crippen LogP contribution < -0.4 is 10.5 Å². The molecule has 1 aromatic heterocycles. The molecular formula is C17H23FN4O2S. The molecule has 2 unspecified atom stereocenters. The summed E-state index contributed by atoms with van der Waals surface area (Å²) >= 11 is 0. The van der Waals surface area contributed by atoms with E-state index >= 15 is 0 Å². The number of hydrogen-bond donors (Lipinski definition) is 2. The zero-order chi connectivity index (χ0) is 18.1. The Morgan fingerprint density at radius 3 is 2.84 bits per heavy atom. The first-order valence-corrected chi connectivity index (χ1v) is 9.90. The van der Waals surface area contributed by atoms with Gasteiger partial charge in [0.25, 0.3) is 0 Å². The van der Waals surface area contributed by atoms with E-state index < -0.39 is 21.4 Å². The van der Waals surface area contributed by atoms with Crippen molar-refractivity contribution in [2.75, 3.05) is 6.54 Å². The molecule has 1 aliphatic rings. The molecule has 0 aliphatic heterocycles. The lowest BCUT2D eigenvalue weighted by Gasteiger charge is -2.42. The van der Waals surface area contributed by atoms with E-state index in [1.807, 2.05) is 6.92 Å². The summed E-state index contributed by atoms with van der Waals surface area (Å²) in [6.45, 7) is 2.27. The number of sulfonamides is 1. The van der Waals surface area contributed by atoms with Crippen LogP contribution in [0.1, 0.15) is 32.6 Å². The Morgan fingerprint density at radius 1 is 1.40 bits per heavy atom. The number of halogens is 1. The number of para-hydroxylation sites is 1. The van der Waals surface area contributed by atoms with Gasteiger partial charge in [-0.2, -0.15) is 5.10 Å². The average Bonchev–Trinajstić information content (AvgIpc) is 3.08. The predicted octanol–water partition coefficient (Wildman–Crippen LogP) is 2.20. The molecule has 8 heteroatoms. The minimum Gasteiger partial charge on any atom is -0.329 e. The van der Waals surface area contributed by atoms with Crippen molar-refractivity contribution in [1.82, 2.24) is 14.5 Å². The smallest absolute Gasteiger partial charge is 0.244 e. The van der Waals surface area contributed by atoms with E-state index in [-0.39, 0.29) is 23.0 Å². The highest BCUT2D eigenvalue weighted by Gasteiger charge is 2.40. The average molecular weight is 366 g/mol. The van der Waals surface area contributed by atoms with Gasteiger partial charge in [-0.05, 0) is 30.9 Å². The number of benzene rings is 1. The van der Waals surface area contributed by atoms with Crippen LogP contribution in [0.25, 0.3) is 5.69 Å². The first-order chi connectivity index (χ1) is 11.9. The monoisotopic (exact) mass is 366 g/mol. The zero-order valence-electron chi connectivity index (χ0n) is 14.2. The van der Waals surface area contributed by atoms with Crippen molar-refractivity contribution in [1.29, 1.82) is 0 Å². The van der Waals surface area contributed by atoms with Crippen LogP contribution >= 0.6 is 0 Å². The molecule has 136 valence electrons. The molecule has 6 nitrogen and oxygen atoms in total. The summed E-state index contributed by atoms with van der Waals surface area (Å²) < 4.78 is 43.6. The fourth-order valence-electron chi connectivity index (χ4n) is 3.45. The van der Waals surface area contributed by atoms with Gasteiger partial charge < -0.3 is 5.73 Å². The van der Waals surface area contributed by atoms with Crippen molar-refractivity contribution >= 4 is 10.0 Å². The van der Waals surface area contributed by atoms with E-state index in [0.717, 1.165) is 19.3 Å². The largest absolute Gasteiger partial charge is 0.329 e. The van der Waals surface area contributed by atoms with Crippen LogP contribution in [0.3, 0.4) is 0 Å². The minimum atomic E-state index is -3.80. The van der Waals surface area contributed by atoms with Gasteiger partial charge in [0.1, 0.15) is 16.4 Å². The fraction of sp³-hybridized carbons (Fsp3) is 0.471. The van der Waals surface area contributed by atoms with Crippen molar-refractivity contribution < 1.29 is 12.8 Å². The van der Waals surface area contributed by atoms with Crippen LogP contribution in [-0.2, 0) is 10.0 Å². The quantitative estimate of drug-likeness (QED) is 0.849. The van der Waals surface area contributed by atoms with E-state index in [4.69, 9.17) is 5.73 Å². The molecule has 0 bridgehead atoms. The highest BCUT2D eigenvalue weighted by molar-refractivity contribution is 7.89. The van der Waals surface area contributed by atoms with Gasteiger partial charge >= 0.3 is 0 Å². The maximum absolute atomic E-state index is 13.9. The Morgan fingerprint density at radius 2 is 2.16 bits per heavy atom. The maximum Gasteiger partial charge on any atom is 0.244 e. The number of nitrogens with zero attached hydrogens (tertiary/aromatic N) is 2. The molecule has 2 aromatic rings. The van der Waals surface area contributed by atoms with Gasteiger partial charge in [0.15, 0.2) is 0 Å². The van der Waals surface area contributed by atoms with Crippen molar-refractivity contribution in [2.24, 2.45) is 11.7 Å².